The van der Waals surface area contributed by atoms with E-state index < -0.39 is 10.0 Å². The summed E-state index contributed by atoms with van der Waals surface area (Å²) in [6.07, 6.45) is 1.99. The van der Waals surface area contributed by atoms with E-state index in [0.717, 1.165) is 34.2 Å². The van der Waals surface area contributed by atoms with Crippen molar-refractivity contribution in [3.63, 3.8) is 0 Å². The van der Waals surface area contributed by atoms with Crippen LogP contribution in [0.3, 0.4) is 0 Å². The molecule has 1 aromatic heterocycles. The largest absolute Gasteiger partial charge is 0.263 e. The third-order valence-corrected chi connectivity index (χ3v) is 5.96. The predicted molar refractivity (Wildman–Crippen MR) is 95.6 cm³/mol. The molecule has 2 aromatic carbocycles. The van der Waals surface area contributed by atoms with Gasteiger partial charge in [0.1, 0.15) is 0 Å². The van der Waals surface area contributed by atoms with Crippen LogP contribution < -0.4 is 4.72 Å². The molecule has 0 bridgehead atoms. The number of fused-ring (bicyclic) bond motifs is 1. The molecule has 0 aliphatic heterocycles. The second-order valence-electron chi connectivity index (χ2n) is 5.49. The molecule has 1 heterocycles. The standard InChI is InChI=1S/C17H18N2O2S2/c1-3-4-13-6-8-14(9-7-13)23(20,21)19-17-18-15-10-5-12(2)11-16(15)22-17/h5-11H,3-4H2,1-2H3,(H,18,19). The smallest absolute Gasteiger partial charge is 0.255 e. The minimum absolute atomic E-state index is 0.257. The Hall–Kier alpha value is -1.92. The molecule has 0 aliphatic rings. The van der Waals surface area contributed by atoms with Gasteiger partial charge in [0.05, 0.1) is 15.1 Å². The molecule has 0 atom stereocenters. The number of sulfonamides is 1. The molecule has 0 aliphatic carbocycles. The van der Waals surface area contributed by atoms with Crippen LogP contribution in [0.25, 0.3) is 10.2 Å². The monoisotopic (exact) mass is 346 g/mol. The molecule has 0 fully saturated rings. The molecule has 120 valence electrons. The second-order valence-corrected chi connectivity index (χ2v) is 8.20. The van der Waals surface area contributed by atoms with Gasteiger partial charge in [-0.25, -0.2) is 13.4 Å². The van der Waals surface area contributed by atoms with Gasteiger partial charge in [0.25, 0.3) is 10.0 Å². The van der Waals surface area contributed by atoms with E-state index in [4.69, 9.17) is 0 Å². The molecule has 0 amide bonds. The Morgan fingerprint density at radius 3 is 2.57 bits per heavy atom. The highest BCUT2D eigenvalue weighted by Gasteiger charge is 2.16. The fourth-order valence-corrected chi connectivity index (χ4v) is 4.57. The first kappa shape index (κ1) is 16.0. The second kappa shape index (κ2) is 6.29. The highest BCUT2D eigenvalue weighted by atomic mass is 32.2. The van der Waals surface area contributed by atoms with E-state index in [1.165, 1.54) is 11.3 Å². The van der Waals surface area contributed by atoms with Gasteiger partial charge in [-0.1, -0.05) is 42.9 Å². The zero-order valence-corrected chi connectivity index (χ0v) is 14.7. The van der Waals surface area contributed by atoms with Crippen LogP contribution in [0.5, 0.6) is 0 Å². The van der Waals surface area contributed by atoms with E-state index in [1.807, 2.05) is 37.3 Å². The molecular formula is C17H18N2O2S2. The Labute approximate surface area is 140 Å². The lowest BCUT2D eigenvalue weighted by atomic mass is 10.1. The van der Waals surface area contributed by atoms with Crippen LogP contribution in [0.2, 0.25) is 0 Å². The first-order valence-corrected chi connectivity index (χ1v) is 9.77. The summed E-state index contributed by atoms with van der Waals surface area (Å²) in [5.74, 6) is 0. The van der Waals surface area contributed by atoms with Gasteiger partial charge >= 0.3 is 0 Å². The van der Waals surface area contributed by atoms with Crippen molar-refractivity contribution in [1.82, 2.24) is 4.98 Å². The number of hydrogen-bond donors (Lipinski definition) is 1. The Bertz CT molecular complexity index is 929. The Balaban J connectivity index is 1.86. The number of nitrogens with one attached hydrogen (secondary N) is 1. The SMILES string of the molecule is CCCc1ccc(S(=O)(=O)Nc2nc3ccc(C)cc3s2)cc1. The van der Waals surface area contributed by atoms with Crippen molar-refractivity contribution < 1.29 is 8.42 Å². The number of aryl methyl sites for hydroxylation is 2. The lowest BCUT2D eigenvalue weighted by Crippen LogP contribution is -2.12. The van der Waals surface area contributed by atoms with E-state index in [-0.39, 0.29) is 4.90 Å². The molecule has 0 spiro atoms. The fraction of sp³-hybridized carbons (Fsp3) is 0.235. The number of aromatic nitrogens is 1. The van der Waals surface area contributed by atoms with Crippen molar-refractivity contribution >= 4 is 36.7 Å². The molecular weight excluding hydrogens is 328 g/mol. The van der Waals surface area contributed by atoms with Crippen LogP contribution in [0, 0.1) is 6.92 Å². The molecule has 4 nitrogen and oxygen atoms in total. The average Bonchev–Trinajstić information content (AvgIpc) is 2.88. The Morgan fingerprint density at radius 2 is 1.87 bits per heavy atom. The van der Waals surface area contributed by atoms with Crippen LogP contribution in [-0.4, -0.2) is 13.4 Å². The van der Waals surface area contributed by atoms with Gasteiger partial charge in [-0.2, -0.15) is 0 Å². The topological polar surface area (TPSA) is 59.1 Å². The maximum atomic E-state index is 12.5. The molecule has 0 saturated carbocycles. The molecule has 0 saturated heterocycles. The fourth-order valence-electron chi connectivity index (χ4n) is 2.37. The maximum absolute atomic E-state index is 12.5. The van der Waals surface area contributed by atoms with E-state index in [1.54, 1.807) is 12.1 Å². The zero-order valence-electron chi connectivity index (χ0n) is 13.0. The molecule has 6 heteroatoms. The lowest BCUT2D eigenvalue weighted by Gasteiger charge is -2.06. The third-order valence-electron chi connectivity index (χ3n) is 3.54. The van der Waals surface area contributed by atoms with Gasteiger partial charge in [0, 0.05) is 0 Å². The normalized spacial score (nSPS) is 11.7. The van der Waals surface area contributed by atoms with Gasteiger partial charge in [-0.15, -0.1) is 0 Å². The van der Waals surface area contributed by atoms with Crippen LogP contribution >= 0.6 is 11.3 Å². The average molecular weight is 346 g/mol. The van der Waals surface area contributed by atoms with Gasteiger partial charge in [-0.05, 0) is 48.7 Å². The predicted octanol–water partition coefficient (Wildman–Crippen LogP) is 4.36. The highest BCUT2D eigenvalue weighted by Crippen LogP contribution is 2.28. The van der Waals surface area contributed by atoms with Crippen molar-refractivity contribution in [3.05, 3.63) is 53.6 Å². The van der Waals surface area contributed by atoms with Crippen LogP contribution in [0.1, 0.15) is 24.5 Å². The summed E-state index contributed by atoms with van der Waals surface area (Å²) in [7, 11) is -3.60. The number of hydrogen-bond acceptors (Lipinski definition) is 4. The number of thiazole rings is 1. The van der Waals surface area contributed by atoms with Gasteiger partial charge < -0.3 is 0 Å². The quantitative estimate of drug-likeness (QED) is 0.747. The van der Waals surface area contributed by atoms with Crippen molar-refractivity contribution in [1.29, 1.82) is 0 Å². The van der Waals surface area contributed by atoms with Crippen molar-refractivity contribution in [2.45, 2.75) is 31.6 Å². The minimum Gasteiger partial charge on any atom is -0.255 e. The van der Waals surface area contributed by atoms with Crippen LogP contribution in [-0.2, 0) is 16.4 Å². The third kappa shape index (κ3) is 3.54. The van der Waals surface area contributed by atoms with Crippen LogP contribution in [0.4, 0.5) is 5.13 Å². The molecule has 3 aromatic rings. The first-order chi connectivity index (χ1) is 11.0. The number of nitrogens with zero attached hydrogens (tertiary/aromatic N) is 1. The zero-order chi connectivity index (χ0) is 16.4. The van der Waals surface area contributed by atoms with E-state index in [2.05, 4.69) is 16.6 Å². The Morgan fingerprint density at radius 1 is 1.13 bits per heavy atom. The maximum Gasteiger partial charge on any atom is 0.263 e. The van der Waals surface area contributed by atoms with Gasteiger partial charge in [0.15, 0.2) is 5.13 Å². The van der Waals surface area contributed by atoms with Crippen LogP contribution in [0.15, 0.2) is 47.4 Å². The summed E-state index contributed by atoms with van der Waals surface area (Å²) >= 11 is 1.34. The number of anilines is 1. The molecule has 0 unspecified atom stereocenters. The number of benzene rings is 2. The highest BCUT2D eigenvalue weighted by molar-refractivity contribution is 7.93. The molecule has 3 rings (SSSR count). The van der Waals surface area contributed by atoms with Gasteiger partial charge in [0.2, 0.25) is 0 Å². The summed E-state index contributed by atoms with van der Waals surface area (Å²) in [4.78, 5) is 4.60. The summed E-state index contributed by atoms with van der Waals surface area (Å²) < 4.78 is 28.5. The summed E-state index contributed by atoms with van der Waals surface area (Å²) in [6.45, 7) is 4.10. The van der Waals surface area contributed by atoms with Gasteiger partial charge in [-0.3, -0.25) is 4.72 Å². The van der Waals surface area contributed by atoms with Crippen molar-refractivity contribution in [2.24, 2.45) is 0 Å². The number of rotatable bonds is 5. The van der Waals surface area contributed by atoms with E-state index in [0.29, 0.717) is 5.13 Å². The molecule has 23 heavy (non-hydrogen) atoms. The summed E-state index contributed by atoms with van der Waals surface area (Å²) in [5.41, 5.74) is 3.07. The minimum atomic E-state index is -3.60. The molecule has 1 N–H and O–H groups in total. The van der Waals surface area contributed by atoms with Crippen molar-refractivity contribution in [3.8, 4) is 0 Å². The van der Waals surface area contributed by atoms with Crippen molar-refractivity contribution in [2.75, 3.05) is 4.72 Å². The van der Waals surface area contributed by atoms with E-state index >= 15 is 0 Å². The Kier molecular flexibility index (Phi) is 4.37. The molecule has 0 radical (unpaired) electrons. The summed E-state index contributed by atoms with van der Waals surface area (Å²) in [5, 5.41) is 0.392. The summed E-state index contributed by atoms with van der Waals surface area (Å²) in [6, 6.07) is 12.9. The lowest BCUT2D eigenvalue weighted by molar-refractivity contribution is 0.601. The first-order valence-electron chi connectivity index (χ1n) is 7.47. The van der Waals surface area contributed by atoms with E-state index in [9.17, 15) is 8.42 Å².